The number of aliphatic hydroxyl groups excluding tert-OH is 1. The maximum Gasteiger partial charge on any atom is 0.347 e. The lowest BCUT2D eigenvalue weighted by Gasteiger charge is -2.34. The van der Waals surface area contributed by atoms with Crippen molar-refractivity contribution in [3.8, 4) is 0 Å². The molecule has 1 N–H and O–H groups in total. The number of alkyl halides is 1. The van der Waals surface area contributed by atoms with Crippen LogP contribution in [0, 0.1) is 5.92 Å². The number of esters is 1. The van der Waals surface area contributed by atoms with E-state index in [4.69, 9.17) is 0 Å². The van der Waals surface area contributed by atoms with E-state index in [9.17, 15) is 19.5 Å². The van der Waals surface area contributed by atoms with E-state index in [1.165, 1.54) is 12.1 Å². The van der Waals surface area contributed by atoms with Crippen molar-refractivity contribution >= 4 is 33.7 Å². The van der Waals surface area contributed by atoms with Gasteiger partial charge in [0.25, 0.3) is 0 Å². The number of halogens is 2. The summed E-state index contributed by atoms with van der Waals surface area (Å²) in [5, 5.41) is 10.6. The summed E-state index contributed by atoms with van der Waals surface area (Å²) in [4.78, 5) is 38.3. The molecular weight excluding hydrogens is 409 g/mol. The van der Waals surface area contributed by atoms with E-state index < -0.39 is 47.4 Å². The highest BCUT2D eigenvalue weighted by atomic mass is 79.9. The number of ether oxygens (including phenoxy) is 1. The molecule has 1 unspecified atom stereocenters. The van der Waals surface area contributed by atoms with Crippen LogP contribution in [0.3, 0.4) is 0 Å². The van der Waals surface area contributed by atoms with Crippen LogP contribution in [0.15, 0.2) is 28.7 Å². The Labute approximate surface area is 159 Å². The van der Waals surface area contributed by atoms with Crippen LogP contribution >= 0.6 is 15.9 Å². The zero-order chi connectivity index (χ0) is 19.9. The Morgan fingerprint density at radius 3 is 2.27 bits per heavy atom. The molecule has 2 amide bonds. The van der Waals surface area contributed by atoms with E-state index in [1.807, 2.05) is 0 Å². The van der Waals surface area contributed by atoms with Gasteiger partial charge in [-0.15, -0.1) is 0 Å². The SMILES string of the molecule is COC(=O)[C@](F)(C1CC(=O)N(C(C)(C)C)C1=O)[C@H](O)c1ccc(Br)cc1. The molecule has 6 nitrogen and oxygen atoms in total. The third kappa shape index (κ3) is 3.40. The molecule has 26 heavy (non-hydrogen) atoms. The fourth-order valence-electron chi connectivity index (χ4n) is 3.15. The summed E-state index contributed by atoms with van der Waals surface area (Å²) < 4.78 is 21.1. The van der Waals surface area contributed by atoms with E-state index in [0.29, 0.717) is 4.47 Å². The minimum atomic E-state index is -3.09. The molecule has 0 aromatic heterocycles. The molecule has 3 atom stereocenters. The van der Waals surface area contributed by atoms with Crippen LogP contribution < -0.4 is 0 Å². The van der Waals surface area contributed by atoms with Gasteiger partial charge in [-0.1, -0.05) is 28.1 Å². The normalized spacial score (nSPS) is 21.5. The van der Waals surface area contributed by atoms with Crippen molar-refractivity contribution in [1.29, 1.82) is 0 Å². The number of benzene rings is 1. The topological polar surface area (TPSA) is 83.9 Å². The van der Waals surface area contributed by atoms with Crippen molar-refractivity contribution in [2.24, 2.45) is 5.92 Å². The number of nitrogens with zero attached hydrogens (tertiary/aromatic N) is 1. The molecule has 0 saturated carbocycles. The number of imide groups is 1. The first-order chi connectivity index (χ1) is 11.9. The molecule has 0 bridgehead atoms. The molecule has 0 radical (unpaired) electrons. The van der Waals surface area contributed by atoms with Crippen molar-refractivity contribution < 1.29 is 28.6 Å². The summed E-state index contributed by atoms with van der Waals surface area (Å²) in [7, 11) is 0.966. The molecule has 8 heteroatoms. The van der Waals surface area contributed by atoms with E-state index in [2.05, 4.69) is 20.7 Å². The third-order valence-corrected chi connectivity index (χ3v) is 4.94. The van der Waals surface area contributed by atoms with Crippen molar-refractivity contribution in [3.05, 3.63) is 34.3 Å². The van der Waals surface area contributed by atoms with Gasteiger partial charge in [0, 0.05) is 16.4 Å². The molecule has 1 aliphatic heterocycles. The second-order valence-corrected chi connectivity index (χ2v) is 8.12. The molecule has 2 rings (SSSR count). The summed E-state index contributed by atoms with van der Waals surface area (Å²) >= 11 is 3.23. The van der Waals surface area contributed by atoms with Crippen LogP contribution in [0.25, 0.3) is 0 Å². The molecule has 1 aromatic rings. The largest absolute Gasteiger partial charge is 0.467 e. The van der Waals surface area contributed by atoms with Gasteiger partial charge >= 0.3 is 5.97 Å². The standard InChI is InChI=1S/C18H21BrFNO5/c1-17(2,3)21-13(22)9-12(15(21)24)18(20,16(25)26-4)14(23)10-5-7-11(19)8-6-10/h5-8,12,14,23H,9H2,1-4H3/t12?,14-,18+/m1/s1. The zero-order valence-corrected chi connectivity index (χ0v) is 16.5. The van der Waals surface area contributed by atoms with Gasteiger partial charge in [-0.3, -0.25) is 14.5 Å². The Bertz CT molecular complexity index is 730. The van der Waals surface area contributed by atoms with Gasteiger partial charge < -0.3 is 9.84 Å². The van der Waals surface area contributed by atoms with Gasteiger partial charge in [0.2, 0.25) is 17.5 Å². The van der Waals surface area contributed by atoms with Crippen LogP contribution in [-0.2, 0) is 19.1 Å². The number of carbonyl (C=O) groups excluding carboxylic acids is 3. The second kappa shape index (κ2) is 7.08. The van der Waals surface area contributed by atoms with Gasteiger partial charge in [-0.2, -0.15) is 0 Å². The molecule has 1 heterocycles. The second-order valence-electron chi connectivity index (χ2n) is 7.21. The lowest BCUT2D eigenvalue weighted by Crippen LogP contribution is -2.53. The minimum Gasteiger partial charge on any atom is -0.467 e. The Kier molecular flexibility index (Phi) is 5.58. The Morgan fingerprint density at radius 2 is 1.85 bits per heavy atom. The lowest BCUT2D eigenvalue weighted by molar-refractivity contribution is -0.174. The van der Waals surface area contributed by atoms with Gasteiger partial charge in [0.1, 0.15) is 6.10 Å². The highest BCUT2D eigenvalue weighted by molar-refractivity contribution is 9.10. The Hall–Kier alpha value is -1.80. The van der Waals surface area contributed by atoms with Crippen LogP contribution in [0.2, 0.25) is 0 Å². The molecule has 142 valence electrons. The number of methoxy groups -OCH3 is 1. The van der Waals surface area contributed by atoms with E-state index >= 15 is 4.39 Å². The van der Waals surface area contributed by atoms with Crippen LogP contribution in [-0.4, -0.2) is 46.1 Å². The Morgan fingerprint density at radius 1 is 1.31 bits per heavy atom. The molecule has 1 aromatic carbocycles. The number of hydrogen-bond donors (Lipinski definition) is 1. The van der Waals surface area contributed by atoms with E-state index in [1.54, 1.807) is 32.9 Å². The molecule has 0 spiro atoms. The quantitative estimate of drug-likeness (QED) is 0.587. The highest BCUT2D eigenvalue weighted by Crippen LogP contribution is 2.44. The first-order valence-corrected chi connectivity index (χ1v) is 8.81. The predicted molar refractivity (Wildman–Crippen MR) is 94.7 cm³/mol. The number of hydrogen-bond acceptors (Lipinski definition) is 5. The summed E-state index contributed by atoms with van der Waals surface area (Å²) in [6.07, 6.45) is -2.49. The monoisotopic (exact) mass is 429 g/mol. The van der Waals surface area contributed by atoms with Gasteiger partial charge in [-0.25, -0.2) is 9.18 Å². The fourth-order valence-corrected chi connectivity index (χ4v) is 3.42. The fraction of sp³-hybridized carbons (Fsp3) is 0.500. The smallest absolute Gasteiger partial charge is 0.347 e. The van der Waals surface area contributed by atoms with Crippen molar-refractivity contribution in [2.45, 2.75) is 44.5 Å². The summed E-state index contributed by atoms with van der Waals surface area (Å²) in [5.74, 6) is -4.50. The van der Waals surface area contributed by atoms with Crippen LogP contribution in [0.1, 0.15) is 38.9 Å². The molecule has 1 saturated heterocycles. The first kappa shape index (κ1) is 20.5. The predicted octanol–water partition coefficient (Wildman–Crippen LogP) is 2.54. The minimum absolute atomic E-state index is 0.0931. The maximum atomic E-state index is 15.9. The number of rotatable bonds is 4. The lowest BCUT2D eigenvalue weighted by atomic mass is 9.80. The van der Waals surface area contributed by atoms with Crippen molar-refractivity contribution in [1.82, 2.24) is 4.90 Å². The van der Waals surface area contributed by atoms with Crippen molar-refractivity contribution in [2.75, 3.05) is 7.11 Å². The summed E-state index contributed by atoms with van der Waals surface area (Å²) in [6.45, 7) is 4.90. The molecule has 0 aliphatic carbocycles. The van der Waals surface area contributed by atoms with Gasteiger partial charge in [0.15, 0.2) is 0 Å². The van der Waals surface area contributed by atoms with E-state index in [0.717, 1.165) is 12.0 Å². The van der Waals surface area contributed by atoms with Crippen LogP contribution in [0.5, 0.6) is 0 Å². The number of carbonyl (C=O) groups is 3. The average Bonchev–Trinajstić information content (AvgIpc) is 2.88. The summed E-state index contributed by atoms with van der Waals surface area (Å²) in [6, 6.07) is 5.99. The zero-order valence-electron chi connectivity index (χ0n) is 15.0. The maximum absolute atomic E-state index is 15.9. The van der Waals surface area contributed by atoms with Gasteiger partial charge in [-0.05, 0) is 38.5 Å². The van der Waals surface area contributed by atoms with Crippen LogP contribution in [0.4, 0.5) is 4.39 Å². The number of aliphatic hydroxyl groups is 1. The highest BCUT2D eigenvalue weighted by Gasteiger charge is 2.62. The van der Waals surface area contributed by atoms with E-state index in [-0.39, 0.29) is 5.56 Å². The number of likely N-dealkylation sites (tertiary alicyclic amines) is 1. The third-order valence-electron chi connectivity index (χ3n) is 4.41. The average molecular weight is 430 g/mol. The van der Waals surface area contributed by atoms with Crippen molar-refractivity contribution in [3.63, 3.8) is 0 Å². The molecule has 1 aliphatic rings. The van der Waals surface area contributed by atoms with Gasteiger partial charge in [0.05, 0.1) is 13.0 Å². The Balaban J connectivity index is 2.50. The first-order valence-electron chi connectivity index (χ1n) is 8.02. The molecular formula is C18H21BrFNO5. The molecule has 1 fully saturated rings. The number of amides is 2. The summed E-state index contributed by atoms with van der Waals surface area (Å²) in [5.41, 5.74) is -3.87.